The van der Waals surface area contributed by atoms with E-state index in [9.17, 15) is 0 Å². The first kappa shape index (κ1) is 12.3. The molecule has 3 atom stereocenters. The summed E-state index contributed by atoms with van der Waals surface area (Å²) >= 11 is 0. The van der Waals surface area contributed by atoms with Gasteiger partial charge in [-0.15, -0.1) is 0 Å². The van der Waals surface area contributed by atoms with E-state index >= 15 is 0 Å². The Labute approximate surface area is 99.5 Å². The highest BCUT2D eigenvalue weighted by atomic mass is 16.5. The molecule has 16 heavy (non-hydrogen) atoms. The first-order chi connectivity index (χ1) is 7.81. The molecular formula is C13H26N2O. The van der Waals surface area contributed by atoms with Crippen LogP contribution in [-0.4, -0.2) is 50.3 Å². The van der Waals surface area contributed by atoms with E-state index in [1.54, 1.807) is 0 Å². The summed E-state index contributed by atoms with van der Waals surface area (Å²) in [6.45, 7) is 6.46. The van der Waals surface area contributed by atoms with Gasteiger partial charge in [0, 0.05) is 25.2 Å². The molecule has 2 fully saturated rings. The van der Waals surface area contributed by atoms with E-state index in [1.807, 2.05) is 0 Å². The van der Waals surface area contributed by atoms with E-state index in [0.717, 1.165) is 31.7 Å². The topological polar surface area (TPSA) is 24.5 Å². The van der Waals surface area contributed by atoms with Gasteiger partial charge in [-0.25, -0.2) is 0 Å². The monoisotopic (exact) mass is 226 g/mol. The van der Waals surface area contributed by atoms with Crippen LogP contribution in [0.3, 0.4) is 0 Å². The minimum atomic E-state index is 0.669. The Balaban J connectivity index is 1.78. The summed E-state index contributed by atoms with van der Waals surface area (Å²) in [5, 5.41) is 3.63. The van der Waals surface area contributed by atoms with Gasteiger partial charge in [0.15, 0.2) is 0 Å². The molecule has 0 aromatic carbocycles. The summed E-state index contributed by atoms with van der Waals surface area (Å²) in [6.07, 6.45) is 5.38. The third-order valence-corrected chi connectivity index (χ3v) is 4.18. The summed E-state index contributed by atoms with van der Waals surface area (Å²) in [6, 6.07) is 1.43. The van der Waals surface area contributed by atoms with Crippen molar-refractivity contribution in [3.8, 4) is 0 Å². The van der Waals surface area contributed by atoms with Gasteiger partial charge in [-0.2, -0.15) is 0 Å². The Morgan fingerprint density at radius 3 is 2.88 bits per heavy atom. The van der Waals surface area contributed by atoms with Gasteiger partial charge in [-0.1, -0.05) is 13.3 Å². The van der Waals surface area contributed by atoms with Crippen LogP contribution in [0, 0.1) is 5.92 Å². The van der Waals surface area contributed by atoms with Crippen molar-refractivity contribution in [2.24, 2.45) is 5.92 Å². The predicted octanol–water partition coefficient (Wildman–Crippen LogP) is 1.49. The number of hydrogen-bond donors (Lipinski definition) is 1. The van der Waals surface area contributed by atoms with Gasteiger partial charge in [0.1, 0.15) is 0 Å². The molecule has 0 bridgehead atoms. The molecule has 1 aliphatic heterocycles. The minimum absolute atomic E-state index is 0.669. The summed E-state index contributed by atoms with van der Waals surface area (Å²) in [5.74, 6) is 0.852. The molecule has 1 aliphatic carbocycles. The molecule has 1 saturated heterocycles. The van der Waals surface area contributed by atoms with Crippen LogP contribution in [-0.2, 0) is 4.74 Å². The van der Waals surface area contributed by atoms with Gasteiger partial charge in [-0.3, -0.25) is 0 Å². The Bertz CT molecular complexity index is 204. The Kier molecular flexibility index (Phi) is 4.62. The largest absolute Gasteiger partial charge is 0.380 e. The van der Waals surface area contributed by atoms with E-state index in [-0.39, 0.29) is 0 Å². The van der Waals surface area contributed by atoms with Gasteiger partial charge in [0.2, 0.25) is 0 Å². The number of nitrogens with one attached hydrogen (secondary N) is 1. The maximum atomic E-state index is 5.46. The number of ether oxygens (including phenoxy) is 1. The number of rotatable bonds is 5. The summed E-state index contributed by atoms with van der Waals surface area (Å²) < 4.78 is 5.46. The zero-order valence-corrected chi connectivity index (χ0v) is 10.7. The second kappa shape index (κ2) is 5.99. The Morgan fingerprint density at radius 1 is 1.31 bits per heavy atom. The van der Waals surface area contributed by atoms with Crippen LogP contribution in [0.15, 0.2) is 0 Å². The summed E-state index contributed by atoms with van der Waals surface area (Å²) in [5.41, 5.74) is 0. The summed E-state index contributed by atoms with van der Waals surface area (Å²) in [4.78, 5) is 2.52. The number of likely N-dealkylation sites (N-methyl/N-ethyl adjacent to an activating group) is 1. The van der Waals surface area contributed by atoms with Crippen molar-refractivity contribution in [2.45, 2.75) is 44.7 Å². The SMILES string of the molecule is CCNC1CCCC1CN(C)C1CCOC1. The molecule has 2 aliphatic rings. The van der Waals surface area contributed by atoms with Crippen molar-refractivity contribution in [3.63, 3.8) is 0 Å². The Hall–Kier alpha value is -0.120. The predicted molar refractivity (Wildman–Crippen MR) is 66.7 cm³/mol. The molecule has 1 heterocycles. The second-order valence-corrected chi connectivity index (χ2v) is 5.31. The molecule has 0 radical (unpaired) electrons. The molecule has 3 unspecified atom stereocenters. The molecule has 1 N–H and O–H groups in total. The quantitative estimate of drug-likeness (QED) is 0.768. The fourth-order valence-corrected chi connectivity index (χ4v) is 3.17. The van der Waals surface area contributed by atoms with Gasteiger partial charge < -0.3 is 15.0 Å². The highest BCUT2D eigenvalue weighted by Gasteiger charge is 2.29. The van der Waals surface area contributed by atoms with Crippen LogP contribution < -0.4 is 5.32 Å². The average molecular weight is 226 g/mol. The maximum absolute atomic E-state index is 5.46. The number of hydrogen-bond acceptors (Lipinski definition) is 3. The van der Waals surface area contributed by atoms with Crippen molar-refractivity contribution < 1.29 is 4.74 Å². The van der Waals surface area contributed by atoms with Crippen molar-refractivity contribution in [1.82, 2.24) is 10.2 Å². The zero-order chi connectivity index (χ0) is 11.4. The molecule has 2 rings (SSSR count). The first-order valence-electron chi connectivity index (χ1n) is 6.82. The molecule has 1 saturated carbocycles. The van der Waals surface area contributed by atoms with Crippen molar-refractivity contribution in [1.29, 1.82) is 0 Å². The standard InChI is InChI=1S/C13H26N2O/c1-3-14-13-6-4-5-11(13)9-15(2)12-7-8-16-10-12/h11-14H,3-10H2,1-2H3. The second-order valence-electron chi connectivity index (χ2n) is 5.31. The summed E-state index contributed by atoms with van der Waals surface area (Å²) in [7, 11) is 2.26. The number of nitrogens with zero attached hydrogens (tertiary/aromatic N) is 1. The molecule has 0 amide bonds. The van der Waals surface area contributed by atoms with Crippen LogP contribution in [0.1, 0.15) is 32.6 Å². The zero-order valence-electron chi connectivity index (χ0n) is 10.7. The highest BCUT2D eigenvalue weighted by Crippen LogP contribution is 2.27. The molecule has 3 nitrogen and oxygen atoms in total. The van der Waals surface area contributed by atoms with Crippen LogP contribution in [0.5, 0.6) is 0 Å². The lowest BCUT2D eigenvalue weighted by atomic mass is 10.0. The van der Waals surface area contributed by atoms with E-state index in [4.69, 9.17) is 4.74 Å². The van der Waals surface area contributed by atoms with Gasteiger partial charge >= 0.3 is 0 Å². The highest BCUT2D eigenvalue weighted by molar-refractivity contribution is 4.86. The van der Waals surface area contributed by atoms with Gasteiger partial charge in [-0.05, 0) is 38.8 Å². The van der Waals surface area contributed by atoms with E-state index in [1.165, 1.54) is 32.2 Å². The third kappa shape index (κ3) is 2.96. The molecule has 94 valence electrons. The fourth-order valence-electron chi connectivity index (χ4n) is 3.17. The van der Waals surface area contributed by atoms with Gasteiger partial charge in [0.25, 0.3) is 0 Å². The van der Waals surface area contributed by atoms with E-state index in [2.05, 4.69) is 24.2 Å². The first-order valence-corrected chi connectivity index (χ1v) is 6.82. The third-order valence-electron chi connectivity index (χ3n) is 4.18. The van der Waals surface area contributed by atoms with Crippen LogP contribution in [0.25, 0.3) is 0 Å². The lowest BCUT2D eigenvalue weighted by molar-refractivity contribution is 0.145. The Morgan fingerprint density at radius 2 is 2.19 bits per heavy atom. The minimum Gasteiger partial charge on any atom is -0.380 e. The van der Waals surface area contributed by atoms with E-state index < -0.39 is 0 Å². The van der Waals surface area contributed by atoms with Crippen molar-refractivity contribution >= 4 is 0 Å². The van der Waals surface area contributed by atoms with Crippen LogP contribution in [0.2, 0.25) is 0 Å². The molecule has 3 heteroatoms. The lowest BCUT2D eigenvalue weighted by Crippen LogP contribution is -2.41. The smallest absolute Gasteiger partial charge is 0.0622 e. The fraction of sp³-hybridized carbons (Fsp3) is 1.00. The molecule has 0 aromatic rings. The lowest BCUT2D eigenvalue weighted by Gasteiger charge is -2.29. The maximum Gasteiger partial charge on any atom is 0.0622 e. The molecule has 0 spiro atoms. The van der Waals surface area contributed by atoms with Crippen molar-refractivity contribution in [2.75, 3.05) is 33.4 Å². The average Bonchev–Trinajstić information content (AvgIpc) is 2.90. The molecular weight excluding hydrogens is 200 g/mol. The molecule has 0 aromatic heterocycles. The normalized spacial score (nSPS) is 35.1. The van der Waals surface area contributed by atoms with Gasteiger partial charge in [0.05, 0.1) is 6.61 Å². The van der Waals surface area contributed by atoms with E-state index in [0.29, 0.717) is 6.04 Å². The van der Waals surface area contributed by atoms with Crippen LogP contribution in [0.4, 0.5) is 0 Å². The van der Waals surface area contributed by atoms with Crippen molar-refractivity contribution in [3.05, 3.63) is 0 Å². The van der Waals surface area contributed by atoms with Crippen LogP contribution >= 0.6 is 0 Å².